The van der Waals surface area contributed by atoms with Crippen molar-refractivity contribution >= 4 is 27.2 Å². The van der Waals surface area contributed by atoms with Crippen LogP contribution in [-0.2, 0) is 0 Å². The van der Waals surface area contributed by atoms with Crippen LogP contribution in [0.1, 0.15) is 41.9 Å². The van der Waals surface area contributed by atoms with E-state index in [0.717, 1.165) is 37.5 Å². The van der Waals surface area contributed by atoms with Gasteiger partial charge in [0.25, 0.3) is 0 Å². The number of halogens is 1. The van der Waals surface area contributed by atoms with Crippen molar-refractivity contribution in [3.63, 3.8) is 0 Å². The molecule has 0 unspecified atom stereocenters. The van der Waals surface area contributed by atoms with E-state index in [1.807, 2.05) is 25.2 Å². The standard InChI is InChI=1S/C29H30FNO3S/c1-4-22(11-9-19(2)13-15-31-16-14-20(3)18-31)34-28-24-12-10-21(32)17-26(24)35-29(28)27(33)23-7-5-6-8-25(23)30/h4-12,17,20,32H,2,13-16,18H2,1,3H3/b11-9-,22-4+/t20-/m0/s1. The molecule has 0 spiro atoms. The lowest BCUT2D eigenvalue weighted by molar-refractivity contribution is 0.103. The molecule has 0 saturated carbocycles. The third-order valence-corrected chi connectivity index (χ3v) is 7.33. The fourth-order valence-corrected chi connectivity index (χ4v) is 5.32. The molecule has 182 valence electrons. The quantitative estimate of drug-likeness (QED) is 0.197. The highest BCUT2D eigenvalue weighted by atomic mass is 32.1. The van der Waals surface area contributed by atoms with Gasteiger partial charge in [0.2, 0.25) is 5.78 Å². The number of phenols is 1. The minimum atomic E-state index is -0.585. The van der Waals surface area contributed by atoms with E-state index in [0.29, 0.717) is 21.6 Å². The molecule has 0 radical (unpaired) electrons. The van der Waals surface area contributed by atoms with Crippen LogP contribution in [0, 0.1) is 11.7 Å². The summed E-state index contributed by atoms with van der Waals surface area (Å²) in [6.07, 6.45) is 7.72. The number of hydrogen-bond donors (Lipinski definition) is 1. The molecule has 0 aliphatic carbocycles. The normalized spacial score (nSPS) is 16.9. The molecule has 1 fully saturated rings. The summed E-state index contributed by atoms with van der Waals surface area (Å²) in [6.45, 7) is 11.6. The first-order valence-electron chi connectivity index (χ1n) is 11.8. The minimum Gasteiger partial charge on any atom is -0.508 e. The number of carbonyl (C=O) groups is 1. The van der Waals surface area contributed by atoms with E-state index in [2.05, 4.69) is 18.4 Å². The number of carbonyl (C=O) groups excluding carboxylic acids is 1. The Labute approximate surface area is 209 Å². The fourth-order valence-electron chi connectivity index (χ4n) is 4.20. The van der Waals surface area contributed by atoms with Gasteiger partial charge in [-0.2, -0.15) is 0 Å². The van der Waals surface area contributed by atoms with Crippen LogP contribution < -0.4 is 4.74 Å². The fraction of sp³-hybridized carbons (Fsp3) is 0.276. The van der Waals surface area contributed by atoms with Gasteiger partial charge in [-0.25, -0.2) is 4.39 Å². The highest BCUT2D eigenvalue weighted by Crippen LogP contribution is 2.41. The molecule has 35 heavy (non-hydrogen) atoms. The van der Waals surface area contributed by atoms with Crippen molar-refractivity contribution in [1.29, 1.82) is 0 Å². The molecule has 4 rings (SSSR count). The summed E-state index contributed by atoms with van der Waals surface area (Å²) < 4.78 is 21.3. The Morgan fingerprint density at radius 3 is 2.80 bits per heavy atom. The zero-order chi connectivity index (χ0) is 24.9. The molecule has 4 nitrogen and oxygen atoms in total. The molecule has 0 amide bonds. The van der Waals surface area contributed by atoms with Crippen molar-refractivity contribution in [2.24, 2.45) is 5.92 Å². The number of fused-ring (bicyclic) bond motifs is 1. The molecule has 1 aliphatic heterocycles. The first-order chi connectivity index (χ1) is 16.9. The predicted octanol–water partition coefficient (Wildman–Crippen LogP) is 7.10. The Morgan fingerprint density at radius 1 is 1.29 bits per heavy atom. The second-order valence-corrected chi connectivity index (χ2v) is 10.0. The molecule has 1 N–H and O–H groups in total. The Balaban J connectivity index is 1.56. The average Bonchev–Trinajstić information content (AvgIpc) is 3.42. The number of nitrogens with zero attached hydrogens (tertiary/aromatic N) is 1. The molecule has 6 heteroatoms. The number of allylic oxidation sites excluding steroid dienone is 3. The number of hydrogen-bond acceptors (Lipinski definition) is 5. The second-order valence-electron chi connectivity index (χ2n) is 8.98. The maximum absolute atomic E-state index is 14.4. The highest BCUT2D eigenvalue weighted by molar-refractivity contribution is 7.21. The molecule has 0 bridgehead atoms. The maximum atomic E-state index is 14.4. The van der Waals surface area contributed by atoms with Gasteiger partial charge in [-0.1, -0.05) is 37.3 Å². The molecule has 2 heterocycles. The summed E-state index contributed by atoms with van der Waals surface area (Å²) in [5, 5.41) is 10.6. The second kappa shape index (κ2) is 11.0. The van der Waals surface area contributed by atoms with E-state index < -0.39 is 11.6 Å². The molecule has 1 aliphatic rings. The van der Waals surface area contributed by atoms with Crippen molar-refractivity contribution in [1.82, 2.24) is 4.90 Å². The summed E-state index contributed by atoms with van der Waals surface area (Å²) in [6, 6.07) is 10.7. The van der Waals surface area contributed by atoms with Gasteiger partial charge in [0, 0.05) is 23.2 Å². The number of benzene rings is 2. The van der Waals surface area contributed by atoms with Crippen LogP contribution in [-0.4, -0.2) is 35.4 Å². The highest BCUT2D eigenvalue weighted by Gasteiger charge is 2.24. The molecule has 2 aromatic carbocycles. The van der Waals surface area contributed by atoms with E-state index in [-0.39, 0.29) is 16.2 Å². The number of rotatable bonds is 9. The van der Waals surface area contributed by atoms with Crippen LogP contribution in [0.3, 0.4) is 0 Å². The van der Waals surface area contributed by atoms with E-state index in [9.17, 15) is 14.3 Å². The molecular weight excluding hydrogens is 461 g/mol. The lowest BCUT2D eigenvalue weighted by Crippen LogP contribution is -2.21. The predicted molar refractivity (Wildman–Crippen MR) is 141 cm³/mol. The van der Waals surface area contributed by atoms with Gasteiger partial charge < -0.3 is 14.7 Å². The third-order valence-electron chi connectivity index (χ3n) is 6.20. The number of ketones is 1. The van der Waals surface area contributed by atoms with E-state index >= 15 is 0 Å². The summed E-state index contributed by atoms with van der Waals surface area (Å²) in [5.41, 5.74) is 0.977. The molecular formula is C29H30FNO3S. The van der Waals surface area contributed by atoms with Gasteiger partial charge in [0.1, 0.15) is 22.2 Å². The number of aromatic hydroxyl groups is 1. The zero-order valence-corrected chi connectivity index (χ0v) is 20.9. The van der Waals surface area contributed by atoms with E-state index in [4.69, 9.17) is 4.74 Å². The Bertz CT molecular complexity index is 1310. The number of likely N-dealkylation sites (tertiary alicyclic amines) is 1. The third kappa shape index (κ3) is 5.89. The summed E-state index contributed by atoms with van der Waals surface area (Å²) in [4.78, 5) is 16.0. The lowest BCUT2D eigenvalue weighted by Gasteiger charge is -2.15. The SMILES string of the molecule is C=C(/C=C\C(=C/C)Oc1c(C(=O)c2ccccc2F)sc2cc(O)ccc12)CCN1CC[C@H](C)C1. The largest absolute Gasteiger partial charge is 0.508 e. The molecule has 1 atom stereocenters. The van der Waals surface area contributed by atoms with Gasteiger partial charge in [0.15, 0.2) is 5.75 Å². The maximum Gasteiger partial charge on any atom is 0.209 e. The van der Waals surface area contributed by atoms with Crippen LogP contribution in [0.2, 0.25) is 0 Å². The van der Waals surface area contributed by atoms with E-state index in [1.54, 1.807) is 30.3 Å². The minimum absolute atomic E-state index is 0.0182. The Hall–Kier alpha value is -3.22. The lowest BCUT2D eigenvalue weighted by atomic mass is 10.1. The monoisotopic (exact) mass is 491 g/mol. The van der Waals surface area contributed by atoms with Gasteiger partial charge in [-0.05, 0) is 74.7 Å². The van der Waals surface area contributed by atoms with Crippen molar-refractivity contribution in [2.45, 2.75) is 26.7 Å². The number of ether oxygens (including phenoxy) is 1. The van der Waals surface area contributed by atoms with Crippen molar-refractivity contribution in [2.75, 3.05) is 19.6 Å². The van der Waals surface area contributed by atoms with Crippen LogP contribution in [0.15, 0.2) is 78.6 Å². The van der Waals surface area contributed by atoms with Gasteiger partial charge >= 0.3 is 0 Å². The van der Waals surface area contributed by atoms with Gasteiger partial charge in [0.05, 0.1) is 5.56 Å². The Morgan fingerprint density at radius 2 is 2.09 bits per heavy atom. The summed E-state index contributed by atoms with van der Waals surface area (Å²) >= 11 is 1.17. The molecule has 3 aromatic rings. The van der Waals surface area contributed by atoms with Crippen LogP contribution in [0.25, 0.3) is 10.1 Å². The molecule has 1 saturated heterocycles. The first-order valence-corrected chi connectivity index (χ1v) is 12.6. The first kappa shape index (κ1) is 24.9. The topological polar surface area (TPSA) is 49.8 Å². The average molecular weight is 492 g/mol. The smallest absolute Gasteiger partial charge is 0.209 e. The molecule has 1 aromatic heterocycles. The van der Waals surface area contributed by atoms with Crippen LogP contribution in [0.5, 0.6) is 11.5 Å². The van der Waals surface area contributed by atoms with Gasteiger partial charge in [-0.3, -0.25) is 4.79 Å². The summed E-state index contributed by atoms with van der Waals surface area (Å²) in [5.74, 6) is 0.709. The number of phenolic OH excluding ortho intramolecular Hbond substituents is 1. The van der Waals surface area contributed by atoms with Crippen LogP contribution >= 0.6 is 11.3 Å². The van der Waals surface area contributed by atoms with Crippen molar-refractivity contribution < 1.29 is 19.0 Å². The summed E-state index contributed by atoms with van der Waals surface area (Å²) in [7, 11) is 0. The zero-order valence-electron chi connectivity index (χ0n) is 20.1. The Kier molecular flexibility index (Phi) is 7.83. The van der Waals surface area contributed by atoms with E-state index in [1.165, 1.54) is 29.9 Å². The number of thiophene rings is 1. The van der Waals surface area contributed by atoms with Crippen LogP contribution in [0.4, 0.5) is 4.39 Å². The van der Waals surface area contributed by atoms with Gasteiger partial charge in [-0.15, -0.1) is 11.3 Å². The van der Waals surface area contributed by atoms with Crippen molar-refractivity contribution in [3.8, 4) is 11.5 Å². The van der Waals surface area contributed by atoms with Crippen molar-refractivity contribution in [3.05, 3.63) is 94.9 Å².